The topological polar surface area (TPSA) is 43.6 Å². The van der Waals surface area contributed by atoms with Crippen LogP contribution in [0.3, 0.4) is 0 Å². The zero-order valence-electron chi connectivity index (χ0n) is 11.7. The van der Waals surface area contributed by atoms with Gasteiger partial charge >= 0.3 is 0 Å². The monoisotopic (exact) mass is 312 g/mol. The first-order valence-electron chi connectivity index (χ1n) is 7.12. The maximum atomic E-state index is 6.22. The predicted octanol–water partition coefficient (Wildman–Crippen LogP) is 4.52. The molecule has 0 spiro atoms. The lowest BCUT2D eigenvalue weighted by Gasteiger charge is -2.31. The van der Waals surface area contributed by atoms with Crippen molar-refractivity contribution in [3.63, 3.8) is 0 Å². The molecule has 20 heavy (non-hydrogen) atoms. The number of nitrogens with zero attached hydrogens (tertiary/aromatic N) is 4. The number of fused-ring (bicyclic) bond motifs is 1. The first-order valence-corrected chi connectivity index (χ1v) is 7.87. The van der Waals surface area contributed by atoms with Crippen molar-refractivity contribution in [2.45, 2.75) is 45.6 Å². The third-order valence-electron chi connectivity index (χ3n) is 4.54. The van der Waals surface area contributed by atoms with Gasteiger partial charge in [0.15, 0.2) is 10.8 Å². The molecule has 1 atom stereocenters. The summed E-state index contributed by atoms with van der Waals surface area (Å²) in [5.74, 6) is 1.51. The second kappa shape index (κ2) is 5.49. The van der Waals surface area contributed by atoms with Crippen LogP contribution in [0.15, 0.2) is 6.33 Å². The van der Waals surface area contributed by atoms with Gasteiger partial charge in [-0.05, 0) is 43.2 Å². The molecule has 2 aromatic heterocycles. The maximum Gasteiger partial charge on any atom is 0.225 e. The van der Waals surface area contributed by atoms with Gasteiger partial charge in [0.25, 0.3) is 0 Å². The second-order valence-electron chi connectivity index (χ2n) is 5.87. The SMILES string of the molecule is CC1CCC(C(C)n2cnc3nc(Cl)nc(Cl)c32)CC1. The molecule has 1 fully saturated rings. The Morgan fingerprint density at radius 3 is 2.60 bits per heavy atom. The number of imidazole rings is 1. The average molecular weight is 313 g/mol. The Balaban J connectivity index is 1.94. The Morgan fingerprint density at radius 1 is 1.20 bits per heavy atom. The van der Waals surface area contributed by atoms with Crippen molar-refractivity contribution in [3.8, 4) is 0 Å². The zero-order valence-corrected chi connectivity index (χ0v) is 13.2. The fraction of sp³-hybridized carbons (Fsp3) is 0.643. The summed E-state index contributed by atoms with van der Waals surface area (Å²) < 4.78 is 2.11. The van der Waals surface area contributed by atoms with Crippen LogP contribution in [0.5, 0.6) is 0 Å². The molecule has 0 saturated heterocycles. The normalized spacial score (nSPS) is 25.0. The number of rotatable bonds is 2. The van der Waals surface area contributed by atoms with E-state index in [0.29, 0.717) is 22.8 Å². The van der Waals surface area contributed by atoms with E-state index in [0.717, 1.165) is 11.4 Å². The van der Waals surface area contributed by atoms with Crippen LogP contribution in [0.25, 0.3) is 11.2 Å². The van der Waals surface area contributed by atoms with Gasteiger partial charge in [-0.25, -0.2) is 9.97 Å². The van der Waals surface area contributed by atoms with Gasteiger partial charge < -0.3 is 4.57 Å². The lowest BCUT2D eigenvalue weighted by atomic mass is 9.79. The third kappa shape index (κ3) is 2.51. The molecule has 0 amide bonds. The largest absolute Gasteiger partial charge is 0.324 e. The molecular weight excluding hydrogens is 295 g/mol. The Kier molecular flexibility index (Phi) is 3.87. The first kappa shape index (κ1) is 14.1. The molecule has 0 radical (unpaired) electrons. The van der Waals surface area contributed by atoms with Gasteiger partial charge in [0, 0.05) is 6.04 Å². The van der Waals surface area contributed by atoms with E-state index in [-0.39, 0.29) is 5.28 Å². The summed E-state index contributed by atoms with van der Waals surface area (Å²) in [4.78, 5) is 12.5. The number of halogens is 2. The maximum absolute atomic E-state index is 6.22. The highest BCUT2D eigenvalue weighted by molar-refractivity contribution is 6.35. The minimum absolute atomic E-state index is 0.145. The Labute approximate surface area is 128 Å². The van der Waals surface area contributed by atoms with E-state index in [1.165, 1.54) is 25.7 Å². The van der Waals surface area contributed by atoms with Crippen LogP contribution in [0.4, 0.5) is 0 Å². The molecule has 0 aromatic carbocycles. The fourth-order valence-corrected chi connectivity index (χ4v) is 3.65. The number of aromatic nitrogens is 4. The molecule has 4 nitrogen and oxygen atoms in total. The van der Waals surface area contributed by atoms with Gasteiger partial charge in [-0.2, -0.15) is 4.98 Å². The summed E-state index contributed by atoms with van der Waals surface area (Å²) in [6.07, 6.45) is 6.93. The van der Waals surface area contributed by atoms with E-state index in [1.54, 1.807) is 0 Å². The summed E-state index contributed by atoms with van der Waals surface area (Å²) in [7, 11) is 0. The molecular formula is C14H18Cl2N4. The molecule has 3 rings (SSSR count). The number of hydrogen-bond acceptors (Lipinski definition) is 3. The summed E-state index contributed by atoms with van der Waals surface area (Å²) in [6, 6.07) is 0.356. The molecule has 1 aliphatic carbocycles. The standard InChI is InChI=1S/C14H18Cl2N4/c1-8-3-5-10(6-4-8)9(2)20-7-17-13-11(20)12(15)18-14(16)19-13/h7-10H,3-6H2,1-2H3. The molecule has 1 aliphatic rings. The van der Waals surface area contributed by atoms with Crippen LogP contribution in [0.2, 0.25) is 10.4 Å². The quantitative estimate of drug-likeness (QED) is 0.605. The summed E-state index contributed by atoms with van der Waals surface area (Å²) in [5, 5.41) is 0.528. The molecule has 2 heterocycles. The molecule has 6 heteroatoms. The molecule has 1 unspecified atom stereocenters. The first-order chi connectivity index (χ1) is 9.56. The Morgan fingerprint density at radius 2 is 1.90 bits per heavy atom. The molecule has 2 aromatic rings. The van der Waals surface area contributed by atoms with Gasteiger partial charge in [0.1, 0.15) is 5.52 Å². The molecule has 1 saturated carbocycles. The van der Waals surface area contributed by atoms with E-state index in [1.807, 2.05) is 6.33 Å². The molecule has 0 N–H and O–H groups in total. The highest BCUT2D eigenvalue weighted by Crippen LogP contribution is 2.37. The van der Waals surface area contributed by atoms with E-state index < -0.39 is 0 Å². The Bertz CT molecular complexity index is 617. The van der Waals surface area contributed by atoms with E-state index in [9.17, 15) is 0 Å². The van der Waals surface area contributed by atoms with Crippen LogP contribution in [-0.4, -0.2) is 19.5 Å². The predicted molar refractivity (Wildman–Crippen MR) is 81.2 cm³/mol. The highest BCUT2D eigenvalue weighted by atomic mass is 35.5. The molecule has 0 bridgehead atoms. The van der Waals surface area contributed by atoms with Gasteiger partial charge in [0.2, 0.25) is 5.28 Å². The van der Waals surface area contributed by atoms with Crippen molar-refractivity contribution in [2.24, 2.45) is 11.8 Å². The van der Waals surface area contributed by atoms with Crippen molar-refractivity contribution >= 4 is 34.4 Å². The zero-order chi connectivity index (χ0) is 14.3. The van der Waals surface area contributed by atoms with Crippen molar-refractivity contribution in [2.75, 3.05) is 0 Å². The van der Waals surface area contributed by atoms with Crippen molar-refractivity contribution in [1.29, 1.82) is 0 Å². The lowest BCUT2D eigenvalue weighted by molar-refractivity contribution is 0.227. The summed E-state index contributed by atoms with van der Waals surface area (Å²) >= 11 is 12.0. The minimum Gasteiger partial charge on any atom is -0.324 e. The van der Waals surface area contributed by atoms with Crippen molar-refractivity contribution < 1.29 is 0 Å². The second-order valence-corrected chi connectivity index (χ2v) is 6.56. The highest BCUT2D eigenvalue weighted by Gasteiger charge is 2.26. The fourth-order valence-electron chi connectivity index (χ4n) is 3.18. The average Bonchev–Trinajstić information content (AvgIpc) is 2.82. The van der Waals surface area contributed by atoms with Crippen LogP contribution in [0.1, 0.15) is 45.6 Å². The van der Waals surface area contributed by atoms with Crippen LogP contribution in [0, 0.1) is 11.8 Å². The minimum atomic E-state index is 0.145. The summed E-state index contributed by atoms with van der Waals surface area (Å²) in [5.41, 5.74) is 1.37. The van der Waals surface area contributed by atoms with E-state index in [4.69, 9.17) is 23.2 Å². The summed E-state index contributed by atoms with van der Waals surface area (Å²) in [6.45, 7) is 4.56. The van der Waals surface area contributed by atoms with Crippen molar-refractivity contribution in [1.82, 2.24) is 19.5 Å². The van der Waals surface area contributed by atoms with Gasteiger partial charge in [-0.1, -0.05) is 31.4 Å². The number of hydrogen-bond donors (Lipinski definition) is 0. The molecule has 0 aliphatic heterocycles. The van der Waals surface area contributed by atoms with Gasteiger partial charge in [-0.3, -0.25) is 0 Å². The van der Waals surface area contributed by atoms with E-state index in [2.05, 4.69) is 33.4 Å². The van der Waals surface area contributed by atoms with Crippen LogP contribution >= 0.6 is 23.2 Å². The smallest absolute Gasteiger partial charge is 0.225 e. The molecule has 108 valence electrons. The van der Waals surface area contributed by atoms with Crippen LogP contribution in [-0.2, 0) is 0 Å². The lowest BCUT2D eigenvalue weighted by Crippen LogP contribution is -2.21. The van der Waals surface area contributed by atoms with Gasteiger partial charge in [0.05, 0.1) is 6.33 Å². The van der Waals surface area contributed by atoms with Gasteiger partial charge in [-0.15, -0.1) is 0 Å². The van der Waals surface area contributed by atoms with Crippen molar-refractivity contribution in [3.05, 3.63) is 16.8 Å². The van der Waals surface area contributed by atoms with Crippen LogP contribution < -0.4 is 0 Å². The van der Waals surface area contributed by atoms with E-state index >= 15 is 0 Å². The Hall–Kier alpha value is -0.870. The third-order valence-corrected chi connectivity index (χ3v) is 4.97.